The van der Waals surface area contributed by atoms with Crippen molar-refractivity contribution in [2.75, 3.05) is 20.1 Å². The predicted molar refractivity (Wildman–Crippen MR) is 67.7 cm³/mol. The minimum absolute atomic E-state index is 0.683. The molecular weight excluding hydrogens is 214 g/mol. The van der Waals surface area contributed by atoms with Gasteiger partial charge in [-0.3, -0.25) is 4.90 Å². The van der Waals surface area contributed by atoms with Gasteiger partial charge in [0.1, 0.15) is 12.2 Å². The summed E-state index contributed by atoms with van der Waals surface area (Å²) in [6, 6.07) is 0.683. The lowest BCUT2D eigenvalue weighted by Crippen LogP contribution is -2.41. The second kappa shape index (κ2) is 6.12. The van der Waals surface area contributed by atoms with Gasteiger partial charge in [0.05, 0.1) is 6.54 Å². The number of piperidine rings is 1. The summed E-state index contributed by atoms with van der Waals surface area (Å²) >= 11 is 0. The van der Waals surface area contributed by atoms with Crippen LogP contribution in [-0.2, 0) is 13.1 Å². The van der Waals surface area contributed by atoms with E-state index in [0.29, 0.717) is 6.04 Å². The maximum Gasteiger partial charge on any atom is 0.141 e. The molecule has 0 amide bonds. The van der Waals surface area contributed by atoms with Gasteiger partial charge in [-0.2, -0.15) is 5.10 Å². The highest BCUT2D eigenvalue weighted by Gasteiger charge is 2.19. The van der Waals surface area contributed by atoms with Crippen molar-refractivity contribution in [1.82, 2.24) is 25.0 Å². The van der Waals surface area contributed by atoms with Gasteiger partial charge in [0.2, 0.25) is 0 Å². The zero-order chi connectivity index (χ0) is 12.1. The maximum atomic E-state index is 4.36. The topological polar surface area (TPSA) is 46.0 Å². The van der Waals surface area contributed by atoms with Gasteiger partial charge in [-0.15, -0.1) is 0 Å². The second-order valence-corrected chi connectivity index (χ2v) is 4.80. The lowest BCUT2D eigenvalue weighted by molar-refractivity contribution is 0.185. The van der Waals surface area contributed by atoms with Crippen LogP contribution in [0.3, 0.4) is 0 Å². The molecule has 0 spiro atoms. The summed E-state index contributed by atoms with van der Waals surface area (Å²) in [6.07, 6.45) is 5.24. The normalized spacial score (nSPS) is 17.8. The van der Waals surface area contributed by atoms with Gasteiger partial charge in [-0.1, -0.05) is 6.92 Å². The number of hydrogen-bond donors (Lipinski definition) is 1. The Balaban J connectivity index is 1.92. The molecule has 17 heavy (non-hydrogen) atoms. The van der Waals surface area contributed by atoms with Gasteiger partial charge in [0.15, 0.2) is 0 Å². The third kappa shape index (κ3) is 3.26. The van der Waals surface area contributed by atoms with Crippen molar-refractivity contribution >= 4 is 0 Å². The molecule has 1 aliphatic rings. The zero-order valence-corrected chi connectivity index (χ0v) is 10.9. The molecule has 0 bridgehead atoms. The van der Waals surface area contributed by atoms with Crippen LogP contribution in [0, 0.1) is 0 Å². The Morgan fingerprint density at radius 1 is 1.47 bits per heavy atom. The first-order valence-corrected chi connectivity index (χ1v) is 6.59. The summed E-state index contributed by atoms with van der Waals surface area (Å²) in [4.78, 5) is 6.78. The van der Waals surface area contributed by atoms with Crippen molar-refractivity contribution in [3.63, 3.8) is 0 Å². The lowest BCUT2D eigenvalue weighted by atomic mass is 10.1. The molecule has 2 heterocycles. The summed E-state index contributed by atoms with van der Waals surface area (Å²) < 4.78 is 2.03. The number of nitrogens with one attached hydrogen (secondary N) is 1. The summed E-state index contributed by atoms with van der Waals surface area (Å²) in [5.41, 5.74) is 0. The Kier molecular flexibility index (Phi) is 4.50. The van der Waals surface area contributed by atoms with E-state index >= 15 is 0 Å². The molecule has 1 aliphatic heterocycles. The highest BCUT2D eigenvalue weighted by molar-refractivity contribution is 4.86. The summed E-state index contributed by atoms with van der Waals surface area (Å²) in [7, 11) is 2.20. The van der Waals surface area contributed by atoms with Gasteiger partial charge in [0, 0.05) is 12.6 Å². The average Bonchev–Trinajstić information content (AvgIpc) is 2.78. The fourth-order valence-electron chi connectivity index (χ4n) is 2.41. The van der Waals surface area contributed by atoms with Crippen LogP contribution in [0.1, 0.15) is 32.0 Å². The zero-order valence-electron chi connectivity index (χ0n) is 10.9. The molecule has 1 saturated heterocycles. The SMILES string of the molecule is CCCn1ncnc1CN(C)C1CCNCC1. The van der Waals surface area contributed by atoms with Crippen molar-refractivity contribution in [1.29, 1.82) is 0 Å². The van der Waals surface area contributed by atoms with Gasteiger partial charge < -0.3 is 5.32 Å². The highest BCUT2D eigenvalue weighted by Crippen LogP contribution is 2.12. The van der Waals surface area contributed by atoms with Crippen LogP contribution >= 0.6 is 0 Å². The van der Waals surface area contributed by atoms with E-state index in [-0.39, 0.29) is 0 Å². The molecule has 1 N–H and O–H groups in total. The summed E-state index contributed by atoms with van der Waals surface area (Å²) in [5, 5.41) is 7.67. The van der Waals surface area contributed by atoms with E-state index < -0.39 is 0 Å². The van der Waals surface area contributed by atoms with Crippen LogP contribution in [0.15, 0.2) is 6.33 Å². The van der Waals surface area contributed by atoms with Crippen LogP contribution < -0.4 is 5.32 Å². The van der Waals surface area contributed by atoms with E-state index in [0.717, 1.165) is 38.4 Å². The van der Waals surface area contributed by atoms with Crippen molar-refractivity contribution in [3.05, 3.63) is 12.2 Å². The molecule has 0 saturated carbocycles. The molecule has 96 valence electrons. The van der Waals surface area contributed by atoms with E-state index in [9.17, 15) is 0 Å². The Morgan fingerprint density at radius 3 is 2.94 bits per heavy atom. The first kappa shape index (κ1) is 12.5. The molecule has 1 aromatic heterocycles. The Morgan fingerprint density at radius 2 is 2.24 bits per heavy atom. The van der Waals surface area contributed by atoms with Gasteiger partial charge in [-0.05, 0) is 39.4 Å². The van der Waals surface area contributed by atoms with Crippen molar-refractivity contribution in [2.24, 2.45) is 0 Å². The Hall–Kier alpha value is -0.940. The van der Waals surface area contributed by atoms with Crippen LogP contribution in [0.4, 0.5) is 0 Å². The van der Waals surface area contributed by atoms with Crippen molar-refractivity contribution in [2.45, 2.75) is 45.3 Å². The smallest absolute Gasteiger partial charge is 0.141 e. The van der Waals surface area contributed by atoms with Crippen LogP contribution in [0.2, 0.25) is 0 Å². The summed E-state index contributed by atoms with van der Waals surface area (Å²) in [6.45, 7) is 6.31. The summed E-state index contributed by atoms with van der Waals surface area (Å²) in [5.74, 6) is 1.09. The molecular formula is C12H23N5. The Bertz CT molecular complexity index is 329. The van der Waals surface area contributed by atoms with Crippen LogP contribution in [-0.4, -0.2) is 45.8 Å². The maximum absolute atomic E-state index is 4.36. The van der Waals surface area contributed by atoms with Crippen molar-refractivity contribution < 1.29 is 0 Å². The van der Waals surface area contributed by atoms with Gasteiger partial charge >= 0.3 is 0 Å². The molecule has 1 fully saturated rings. The highest BCUT2D eigenvalue weighted by atomic mass is 15.3. The number of rotatable bonds is 5. The van der Waals surface area contributed by atoms with Crippen LogP contribution in [0.5, 0.6) is 0 Å². The molecule has 2 rings (SSSR count). The van der Waals surface area contributed by atoms with Gasteiger partial charge in [-0.25, -0.2) is 9.67 Å². The van der Waals surface area contributed by atoms with E-state index in [4.69, 9.17) is 0 Å². The van der Waals surface area contributed by atoms with E-state index in [1.165, 1.54) is 12.8 Å². The third-order valence-corrected chi connectivity index (χ3v) is 3.45. The molecule has 0 aliphatic carbocycles. The van der Waals surface area contributed by atoms with E-state index in [1.807, 2.05) is 4.68 Å². The second-order valence-electron chi connectivity index (χ2n) is 4.80. The fourth-order valence-corrected chi connectivity index (χ4v) is 2.41. The number of nitrogens with zero attached hydrogens (tertiary/aromatic N) is 4. The molecule has 5 heteroatoms. The molecule has 0 radical (unpaired) electrons. The Labute approximate surface area is 103 Å². The molecule has 5 nitrogen and oxygen atoms in total. The molecule has 0 atom stereocenters. The third-order valence-electron chi connectivity index (χ3n) is 3.45. The first-order chi connectivity index (χ1) is 8.31. The lowest BCUT2D eigenvalue weighted by Gasteiger charge is -2.31. The molecule has 1 aromatic rings. The minimum Gasteiger partial charge on any atom is -0.317 e. The standard InChI is InChI=1S/C12H23N5/c1-3-8-17-12(14-10-15-17)9-16(2)11-4-6-13-7-5-11/h10-11,13H,3-9H2,1-2H3. The largest absolute Gasteiger partial charge is 0.317 e. The quantitative estimate of drug-likeness (QED) is 0.825. The predicted octanol–water partition coefficient (Wildman–Crippen LogP) is 0.872. The number of hydrogen-bond acceptors (Lipinski definition) is 4. The van der Waals surface area contributed by atoms with E-state index in [2.05, 4.69) is 34.3 Å². The monoisotopic (exact) mass is 237 g/mol. The number of aromatic nitrogens is 3. The van der Waals surface area contributed by atoms with Crippen molar-refractivity contribution in [3.8, 4) is 0 Å². The minimum atomic E-state index is 0.683. The molecule has 0 aromatic carbocycles. The molecule has 0 unspecified atom stereocenters. The van der Waals surface area contributed by atoms with Crippen LogP contribution in [0.25, 0.3) is 0 Å². The first-order valence-electron chi connectivity index (χ1n) is 6.59. The average molecular weight is 237 g/mol. The van der Waals surface area contributed by atoms with Gasteiger partial charge in [0.25, 0.3) is 0 Å². The number of aryl methyl sites for hydroxylation is 1. The van der Waals surface area contributed by atoms with E-state index in [1.54, 1.807) is 6.33 Å². The fraction of sp³-hybridized carbons (Fsp3) is 0.833.